The highest BCUT2D eigenvalue weighted by atomic mass is 32.2. The zero-order chi connectivity index (χ0) is 31.3. The van der Waals surface area contributed by atoms with E-state index in [2.05, 4.69) is 10.4 Å². The number of nitrogens with one attached hydrogen (secondary N) is 1. The SMILES string of the molecule is Cc1nn(C(F)F)cc1S(=O)(=O)N1C[C@H](CNC(=O)C(C)(C)O)Oc2ccc(N(C(=O)O)C(C)(C)C(F)(F)F)cc21. The molecule has 2 heterocycles. The molecule has 3 N–H and O–H groups in total. The lowest BCUT2D eigenvalue weighted by Gasteiger charge is -2.39. The molecule has 3 rings (SSSR count). The first-order valence-corrected chi connectivity index (χ1v) is 13.3. The predicted octanol–water partition coefficient (Wildman–Crippen LogP) is 3.26. The van der Waals surface area contributed by atoms with Crippen molar-refractivity contribution in [2.45, 2.75) is 69.5 Å². The lowest BCUT2D eigenvalue weighted by molar-refractivity contribution is -0.175. The van der Waals surface area contributed by atoms with Gasteiger partial charge in [0, 0.05) is 0 Å². The number of amides is 2. The molecule has 0 saturated heterocycles. The Bertz CT molecular complexity index is 1440. The number of sulfonamides is 1. The number of carbonyl (C=O) groups is 2. The number of aromatic nitrogens is 2. The molecule has 228 valence electrons. The fraction of sp³-hybridized carbons (Fsp3) is 0.522. The normalized spacial score (nSPS) is 16.3. The molecule has 1 atom stereocenters. The minimum Gasteiger partial charge on any atom is -0.484 e. The predicted molar refractivity (Wildman–Crippen MR) is 134 cm³/mol. The molecule has 0 saturated carbocycles. The molecule has 2 aromatic rings. The molecule has 1 aliphatic heterocycles. The molecule has 0 unspecified atom stereocenters. The van der Waals surface area contributed by atoms with Gasteiger partial charge in [-0.25, -0.2) is 17.9 Å². The number of carboxylic acid groups (broad SMARTS) is 1. The van der Waals surface area contributed by atoms with Gasteiger partial charge in [0.2, 0.25) is 0 Å². The first-order chi connectivity index (χ1) is 18.6. The second kappa shape index (κ2) is 10.6. The van der Waals surface area contributed by atoms with E-state index in [1.165, 1.54) is 13.8 Å². The van der Waals surface area contributed by atoms with Gasteiger partial charge in [-0.15, -0.1) is 0 Å². The molecule has 0 fully saturated rings. The van der Waals surface area contributed by atoms with Crippen LogP contribution < -0.4 is 19.3 Å². The van der Waals surface area contributed by atoms with Crippen molar-refractivity contribution in [3.63, 3.8) is 0 Å². The molecule has 0 radical (unpaired) electrons. The zero-order valence-electron chi connectivity index (χ0n) is 22.4. The number of fused-ring (bicyclic) bond motifs is 1. The average Bonchev–Trinajstić information content (AvgIpc) is 3.23. The van der Waals surface area contributed by atoms with Crippen LogP contribution >= 0.6 is 0 Å². The van der Waals surface area contributed by atoms with E-state index in [1.807, 2.05) is 0 Å². The summed E-state index contributed by atoms with van der Waals surface area (Å²) in [5.41, 5.74) is -6.01. The Hall–Kier alpha value is -3.67. The number of ether oxygens (including phenoxy) is 1. The third-order valence-electron chi connectivity index (χ3n) is 6.26. The minimum absolute atomic E-state index is 0.00774. The lowest BCUT2D eigenvalue weighted by atomic mass is 10.0. The van der Waals surface area contributed by atoms with Gasteiger partial charge in [0.25, 0.3) is 15.9 Å². The highest BCUT2D eigenvalue weighted by molar-refractivity contribution is 7.92. The molecule has 0 bridgehead atoms. The van der Waals surface area contributed by atoms with Gasteiger partial charge in [0.1, 0.15) is 27.9 Å². The van der Waals surface area contributed by atoms with Crippen molar-refractivity contribution >= 4 is 33.4 Å². The van der Waals surface area contributed by atoms with Gasteiger partial charge in [-0.1, -0.05) is 0 Å². The van der Waals surface area contributed by atoms with Gasteiger partial charge in [0.05, 0.1) is 36.4 Å². The molecule has 12 nitrogen and oxygen atoms in total. The Balaban J connectivity index is 2.16. The van der Waals surface area contributed by atoms with E-state index in [4.69, 9.17) is 4.74 Å². The molecule has 1 aromatic heterocycles. The quantitative estimate of drug-likeness (QED) is 0.384. The van der Waals surface area contributed by atoms with Gasteiger partial charge < -0.3 is 20.3 Å². The number of halogens is 5. The van der Waals surface area contributed by atoms with Crippen LogP contribution in [-0.2, 0) is 14.8 Å². The van der Waals surface area contributed by atoms with E-state index in [-0.39, 0.29) is 33.3 Å². The molecule has 18 heteroatoms. The Kier molecular flexibility index (Phi) is 8.25. The largest absolute Gasteiger partial charge is 0.484 e. The summed E-state index contributed by atoms with van der Waals surface area (Å²) in [7, 11) is -4.76. The van der Waals surface area contributed by atoms with Crippen molar-refractivity contribution in [2.75, 3.05) is 22.3 Å². The molecule has 1 aliphatic rings. The minimum atomic E-state index is -5.03. The number of nitrogens with zero attached hydrogens (tertiary/aromatic N) is 4. The number of hydrogen-bond donors (Lipinski definition) is 3. The number of carbonyl (C=O) groups excluding carboxylic acids is 1. The molecular weight excluding hydrogens is 585 g/mol. The van der Waals surface area contributed by atoms with Crippen molar-refractivity contribution in [1.29, 1.82) is 0 Å². The highest BCUT2D eigenvalue weighted by Gasteiger charge is 2.54. The second-order valence-electron chi connectivity index (χ2n) is 10.2. The molecule has 0 aliphatic carbocycles. The summed E-state index contributed by atoms with van der Waals surface area (Å²) < 4.78 is 102. The van der Waals surface area contributed by atoms with Gasteiger partial charge in [-0.05, 0) is 52.8 Å². The van der Waals surface area contributed by atoms with E-state index >= 15 is 0 Å². The maximum Gasteiger partial charge on any atom is 0.412 e. The summed E-state index contributed by atoms with van der Waals surface area (Å²) in [6.07, 6.45) is -7.56. The molecule has 0 spiro atoms. The van der Waals surface area contributed by atoms with Crippen LogP contribution in [0.25, 0.3) is 0 Å². The Morgan fingerprint density at radius 3 is 2.32 bits per heavy atom. The molecule has 2 amide bonds. The van der Waals surface area contributed by atoms with E-state index in [1.54, 1.807) is 0 Å². The van der Waals surface area contributed by atoms with Gasteiger partial charge in [-0.2, -0.15) is 27.1 Å². The van der Waals surface area contributed by atoms with Gasteiger partial charge >= 0.3 is 18.8 Å². The smallest absolute Gasteiger partial charge is 0.412 e. The number of anilines is 2. The number of alkyl halides is 5. The van der Waals surface area contributed by atoms with E-state index in [0.29, 0.717) is 24.3 Å². The van der Waals surface area contributed by atoms with Crippen LogP contribution in [0.3, 0.4) is 0 Å². The molecule has 1 aromatic carbocycles. The van der Waals surface area contributed by atoms with Gasteiger partial charge in [-0.3, -0.25) is 14.0 Å². The summed E-state index contributed by atoms with van der Waals surface area (Å²) in [6.45, 7) is 0.704. The first-order valence-electron chi connectivity index (χ1n) is 11.9. The number of rotatable bonds is 8. The fourth-order valence-electron chi connectivity index (χ4n) is 3.93. The van der Waals surface area contributed by atoms with E-state index in [0.717, 1.165) is 25.1 Å². The first kappa shape index (κ1) is 31.9. The topological polar surface area (TPSA) is 154 Å². The van der Waals surface area contributed by atoms with Crippen molar-refractivity contribution in [1.82, 2.24) is 15.1 Å². The number of aliphatic hydroxyl groups is 1. The highest BCUT2D eigenvalue weighted by Crippen LogP contribution is 2.44. The van der Waals surface area contributed by atoms with Crippen molar-refractivity contribution in [3.05, 3.63) is 30.1 Å². The van der Waals surface area contributed by atoms with Gasteiger partial charge in [0.15, 0.2) is 0 Å². The van der Waals surface area contributed by atoms with Crippen LogP contribution in [0.5, 0.6) is 5.75 Å². The average molecular weight is 614 g/mol. The third kappa shape index (κ3) is 6.17. The van der Waals surface area contributed by atoms with Crippen molar-refractivity contribution < 1.29 is 54.9 Å². The zero-order valence-corrected chi connectivity index (χ0v) is 23.2. The summed E-state index contributed by atoms with van der Waals surface area (Å²) in [5, 5.41) is 25.4. The maximum absolute atomic E-state index is 13.8. The van der Waals surface area contributed by atoms with E-state index in [9.17, 15) is 50.2 Å². The summed E-state index contributed by atoms with van der Waals surface area (Å²) in [4.78, 5) is 23.5. The summed E-state index contributed by atoms with van der Waals surface area (Å²) in [6, 6.07) is 2.88. The van der Waals surface area contributed by atoms with E-state index < -0.39 is 69.1 Å². The monoisotopic (exact) mass is 613 g/mol. The lowest BCUT2D eigenvalue weighted by Crippen LogP contribution is -2.57. The molecule has 41 heavy (non-hydrogen) atoms. The standard InChI is InChI=1S/C23H28F5N5O7S/c1-12-17(11-31(30-12)19(24)25)41(38,39)32-10-14(9-29-18(34)21(2,3)37)40-16-7-6-13(8-15(16)32)33(20(35)36)22(4,5)23(26,27)28/h6-8,11,14,19,37H,9-10H2,1-5H3,(H,29,34)(H,35,36)/t14-/m0/s1. The number of aryl methyl sites for hydroxylation is 1. The molecular formula is C23H28F5N5O7S. The van der Waals surface area contributed by atoms with Crippen molar-refractivity contribution in [2.24, 2.45) is 0 Å². The van der Waals surface area contributed by atoms with Crippen LogP contribution in [0.4, 0.5) is 38.1 Å². The number of hydrogen-bond acceptors (Lipinski definition) is 7. The van der Waals surface area contributed by atoms with Crippen LogP contribution in [0.2, 0.25) is 0 Å². The Labute approximate surface area is 231 Å². The fourth-order valence-corrected chi connectivity index (χ4v) is 5.59. The second-order valence-corrected chi connectivity index (χ2v) is 12.0. The van der Waals surface area contributed by atoms with Crippen LogP contribution in [-0.4, -0.2) is 76.9 Å². The third-order valence-corrected chi connectivity index (χ3v) is 8.14. The van der Waals surface area contributed by atoms with Crippen molar-refractivity contribution in [3.8, 4) is 5.75 Å². The Morgan fingerprint density at radius 1 is 1.22 bits per heavy atom. The summed E-state index contributed by atoms with van der Waals surface area (Å²) >= 11 is 0. The Morgan fingerprint density at radius 2 is 1.83 bits per heavy atom. The summed E-state index contributed by atoms with van der Waals surface area (Å²) in [5.74, 6) is -1.04. The van der Waals surface area contributed by atoms with Crippen LogP contribution in [0.1, 0.15) is 39.9 Å². The maximum atomic E-state index is 13.8. The number of benzene rings is 1. The van der Waals surface area contributed by atoms with Crippen LogP contribution in [0.15, 0.2) is 29.3 Å². The van der Waals surface area contributed by atoms with Crippen LogP contribution in [0, 0.1) is 6.92 Å².